The van der Waals surface area contributed by atoms with Crippen molar-refractivity contribution in [3.05, 3.63) is 22.3 Å². The highest BCUT2D eigenvalue weighted by atomic mass is 79.9. The van der Waals surface area contributed by atoms with E-state index in [1.807, 2.05) is 13.0 Å². The number of pyridine rings is 1. The Morgan fingerprint density at radius 1 is 1.67 bits per heavy atom. The summed E-state index contributed by atoms with van der Waals surface area (Å²) < 4.78 is 0.962. The molecule has 0 aromatic carbocycles. The van der Waals surface area contributed by atoms with E-state index in [1.54, 1.807) is 6.20 Å². The third kappa shape index (κ3) is 3.87. The minimum atomic E-state index is -0.270. The summed E-state index contributed by atoms with van der Waals surface area (Å²) in [6.45, 7) is 2.69. The highest BCUT2D eigenvalue weighted by Crippen LogP contribution is 2.22. The van der Waals surface area contributed by atoms with Crippen LogP contribution in [0.2, 0.25) is 0 Å². The van der Waals surface area contributed by atoms with Gasteiger partial charge in [0.2, 0.25) is 5.91 Å². The highest BCUT2D eigenvalue weighted by Gasteiger charge is 2.02. The third-order valence-corrected chi connectivity index (χ3v) is 2.98. The molecule has 1 amide bonds. The van der Waals surface area contributed by atoms with Gasteiger partial charge in [-0.15, -0.1) is 0 Å². The zero-order chi connectivity index (χ0) is 11.3. The van der Waals surface area contributed by atoms with E-state index in [4.69, 9.17) is 5.73 Å². The van der Waals surface area contributed by atoms with Crippen LogP contribution >= 0.6 is 15.9 Å². The lowest BCUT2D eigenvalue weighted by Crippen LogP contribution is -2.13. The Bertz CT molecular complexity index is 355. The summed E-state index contributed by atoms with van der Waals surface area (Å²) in [7, 11) is 0. The Kier molecular flexibility index (Phi) is 4.55. The van der Waals surface area contributed by atoms with Gasteiger partial charge >= 0.3 is 0 Å². The fourth-order valence-corrected chi connectivity index (χ4v) is 1.51. The average Bonchev–Trinajstić information content (AvgIpc) is 2.18. The number of nitrogens with one attached hydrogen (secondary N) is 1. The molecule has 82 valence electrons. The molecule has 1 aromatic heterocycles. The lowest BCUT2D eigenvalue weighted by atomic mass is 10.3. The summed E-state index contributed by atoms with van der Waals surface area (Å²) in [4.78, 5) is 14.7. The summed E-state index contributed by atoms with van der Waals surface area (Å²) in [6.07, 6.45) is 2.87. The number of halogens is 1. The van der Waals surface area contributed by atoms with Crippen LogP contribution in [-0.2, 0) is 4.79 Å². The molecule has 0 saturated heterocycles. The predicted molar refractivity (Wildman–Crippen MR) is 63.6 cm³/mol. The van der Waals surface area contributed by atoms with Gasteiger partial charge in [0.05, 0.1) is 4.47 Å². The van der Waals surface area contributed by atoms with Gasteiger partial charge in [-0.3, -0.25) is 4.79 Å². The van der Waals surface area contributed by atoms with E-state index >= 15 is 0 Å². The topological polar surface area (TPSA) is 68.0 Å². The molecule has 4 nitrogen and oxygen atoms in total. The fraction of sp³-hybridized carbons (Fsp3) is 0.400. The van der Waals surface area contributed by atoms with Crippen LogP contribution in [-0.4, -0.2) is 17.4 Å². The molecular weight excluding hydrogens is 258 g/mol. The summed E-state index contributed by atoms with van der Waals surface area (Å²) in [5, 5.41) is 3.14. The predicted octanol–water partition coefficient (Wildman–Crippen LogP) is 1.83. The second kappa shape index (κ2) is 5.70. The number of carbonyl (C=O) groups excluding carboxylic acids is 1. The summed E-state index contributed by atoms with van der Waals surface area (Å²) in [5.41, 5.74) is 6.16. The van der Waals surface area contributed by atoms with Crippen LogP contribution in [0.15, 0.2) is 16.7 Å². The monoisotopic (exact) mass is 271 g/mol. The van der Waals surface area contributed by atoms with Crippen molar-refractivity contribution in [1.82, 2.24) is 4.98 Å². The number of aryl methyl sites for hydroxylation is 1. The average molecular weight is 272 g/mol. The maximum Gasteiger partial charge on any atom is 0.217 e. The number of aromatic nitrogens is 1. The molecule has 0 fully saturated rings. The van der Waals surface area contributed by atoms with E-state index in [-0.39, 0.29) is 5.91 Å². The van der Waals surface area contributed by atoms with Gasteiger partial charge in [0.1, 0.15) is 5.82 Å². The number of nitrogens with zero attached hydrogens (tertiary/aromatic N) is 1. The number of anilines is 1. The Hall–Kier alpha value is -1.10. The van der Waals surface area contributed by atoms with Crippen LogP contribution in [0.4, 0.5) is 5.82 Å². The third-order valence-electron chi connectivity index (χ3n) is 1.97. The molecule has 0 radical (unpaired) electrons. The number of rotatable bonds is 5. The van der Waals surface area contributed by atoms with Gasteiger partial charge in [0.15, 0.2) is 0 Å². The van der Waals surface area contributed by atoms with Crippen LogP contribution in [0.5, 0.6) is 0 Å². The molecule has 0 aliphatic heterocycles. The molecule has 0 bridgehead atoms. The first-order valence-corrected chi connectivity index (χ1v) is 5.54. The van der Waals surface area contributed by atoms with Crippen molar-refractivity contribution < 1.29 is 4.79 Å². The van der Waals surface area contributed by atoms with Gasteiger partial charge < -0.3 is 11.1 Å². The quantitative estimate of drug-likeness (QED) is 0.803. The van der Waals surface area contributed by atoms with Crippen LogP contribution in [0, 0.1) is 6.92 Å². The summed E-state index contributed by atoms with van der Waals surface area (Å²) in [5.74, 6) is 0.535. The molecule has 0 spiro atoms. The van der Waals surface area contributed by atoms with E-state index in [2.05, 4.69) is 26.2 Å². The number of hydrogen-bond donors (Lipinski definition) is 2. The lowest BCUT2D eigenvalue weighted by Gasteiger charge is -2.08. The number of amides is 1. The fourth-order valence-electron chi connectivity index (χ4n) is 1.13. The van der Waals surface area contributed by atoms with Crippen LogP contribution in [0.25, 0.3) is 0 Å². The maximum atomic E-state index is 10.5. The number of nitrogens with two attached hydrogens (primary N) is 1. The molecule has 1 aromatic rings. The standard InChI is InChI=1S/C10H14BrN3O/c1-7-4-6-14-10(9(7)11)13-5-2-3-8(12)15/h4,6H,2-3,5H2,1H3,(H2,12,15)(H,13,14). The number of carbonyl (C=O) groups is 1. The molecule has 0 aliphatic rings. The van der Waals surface area contributed by atoms with Crippen molar-refractivity contribution in [1.29, 1.82) is 0 Å². The van der Waals surface area contributed by atoms with Gasteiger partial charge in [0.25, 0.3) is 0 Å². The second-order valence-corrected chi connectivity index (χ2v) is 4.08. The first kappa shape index (κ1) is 12.0. The van der Waals surface area contributed by atoms with E-state index in [0.29, 0.717) is 13.0 Å². The minimum absolute atomic E-state index is 0.270. The second-order valence-electron chi connectivity index (χ2n) is 3.29. The lowest BCUT2D eigenvalue weighted by molar-refractivity contribution is -0.118. The van der Waals surface area contributed by atoms with Gasteiger partial charge in [0, 0.05) is 19.2 Å². The zero-order valence-corrected chi connectivity index (χ0v) is 10.2. The molecule has 0 atom stereocenters. The van der Waals surface area contributed by atoms with E-state index in [9.17, 15) is 4.79 Å². The van der Waals surface area contributed by atoms with Crippen molar-refractivity contribution in [3.63, 3.8) is 0 Å². The van der Waals surface area contributed by atoms with Crippen molar-refractivity contribution in [2.75, 3.05) is 11.9 Å². The number of primary amides is 1. The molecule has 15 heavy (non-hydrogen) atoms. The zero-order valence-electron chi connectivity index (χ0n) is 8.59. The van der Waals surface area contributed by atoms with Crippen LogP contribution in [0.3, 0.4) is 0 Å². The first-order chi connectivity index (χ1) is 7.11. The molecule has 0 aliphatic carbocycles. The molecule has 1 heterocycles. The minimum Gasteiger partial charge on any atom is -0.370 e. The highest BCUT2D eigenvalue weighted by molar-refractivity contribution is 9.10. The molecule has 3 N–H and O–H groups in total. The Balaban J connectivity index is 2.44. The van der Waals surface area contributed by atoms with Gasteiger partial charge in [-0.2, -0.15) is 0 Å². The molecule has 5 heteroatoms. The SMILES string of the molecule is Cc1ccnc(NCCCC(N)=O)c1Br. The Morgan fingerprint density at radius 2 is 2.40 bits per heavy atom. The maximum absolute atomic E-state index is 10.5. The summed E-state index contributed by atoms with van der Waals surface area (Å²) >= 11 is 3.44. The Labute approximate surface area is 97.4 Å². The van der Waals surface area contributed by atoms with Crippen molar-refractivity contribution in [3.8, 4) is 0 Å². The molecular formula is C10H14BrN3O. The van der Waals surface area contributed by atoms with Gasteiger partial charge in [-0.1, -0.05) is 0 Å². The van der Waals surface area contributed by atoms with E-state index in [1.165, 1.54) is 0 Å². The van der Waals surface area contributed by atoms with Crippen LogP contribution in [0.1, 0.15) is 18.4 Å². The van der Waals surface area contributed by atoms with Crippen molar-refractivity contribution in [2.45, 2.75) is 19.8 Å². The van der Waals surface area contributed by atoms with Crippen LogP contribution < -0.4 is 11.1 Å². The normalized spacial score (nSPS) is 10.0. The van der Waals surface area contributed by atoms with Crippen molar-refractivity contribution >= 4 is 27.7 Å². The molecule has 0 saturated carbocycles. The summed E-state index contributed by atoms with van der Waals surface area (Å²) in [6, 6.07) is 1.93. The molecule has 1 rings (SSSR count). The molecule has 0 unspecified atom stereocenters. The van der Waals surface area contributed by atoms with E-state index in [0.717, 1.165) is 22.3 Å². The number of hydrogen-bond acceptors (Lipinski definition) is 3. The van der Waals surface area contributed by atoms with Gasteiger partial charge in [-0.05, 0) is 40.9 Å². The smallest absolute Gasteiger partial charge is 0.217 e. The van der Waals surface area contributed by atoms with Gasteiger partial charge in [-0.25, -0.2) is 4.98 Å². The van der Waals surface area contributed by atoms with E-state index < -0.39 is 0 Å². The Morgan fingerprint density at radius 3 is 3.07 bits per heavy atom. The van der Waals surface area contributed by atoms with Crippen molar-refractivity contribution in [2.24, 2.45) is 5.73 Å². The first-order valence-electron chi connectivity index (χ1n) is 4.74. The largest absolute Gasteiger partial charge is 0.370 e.